The molecular formula is C13H9N3O2. The SMILES string of the molecule is O=C(O)c1cncc(-n2cnc3ccccc32)c1. The predicted molar refractivity (Wildman–Crippen MR) is 65.8 cm³/mol. The Morgan fingerprint density at radius 2 is 2.06 bits per heavy atom. The van der Waals surface area contributed by atoms with E-state index in [2.05, 4.69) is 9.97 Å². The molecule has 0 atom stereocenters. The van der Waals surface area contributed by atoms with E-state index >= 15 is 0 Å². The van der Waals surface area contributed by atoms with Crippen molar-refractivity contribution in [1.29, 1.82) is 0 Å². The Kier molecular flexibility index (Phi) is 2.30. The second kappa shape index (κ2) is 3.96. The Morgan fingerprint density at radius 3 is 2.89 bits per heavy atom. The van der Waals surface area contributed by atoms with Crippen LogP contribution in [0.1, 0.15) is 10.4 Å². The van der Waals surface area contributed by atoms with Crippen LogP contribution < -0.4 is 0 Å². The zero-order chi connectivity index (χ0) is 12.5. The molecule has 3 rings (SSSR count). The molecule has 0 radical (unpaired) electrons. The molecule has 0 saturated heterocycles. The van der Waals surface area contributed by atoms with E-state index in [0.717, 1.165) is 11.0 Å². The van der Waals surface area contributed by atoms with Crippen LogP contribution in [0.15, 0.2) is 49.1 Å². The first kappa shape index (κ1) is 10.5. The van der Waals surface area contributed by atoms with Crippen LogP contribution in [-0.2, 0) is 0 Å². The van der Waals surface area contributed by atoms with Gasteiger partial charge in [-0.2, -0.15) is 0 Å². The van der Waals surface area contributed by atoms with Crippen molar-refractivity contribution < 1.29 is 9.90 Å². The molecule has 2 aromatic heterocycles. The average molecular weight is 239 g/mol. The van der Waals surface area contributed by atoms with Crippen molar-refractivity contribution in [1.82, 2.24) is 14.5 Å². The fourth-order valence-electron chi connectivity index (χ4n) is 1.84. The second-order valence-corrected chi connectivity index (χ2v) is 3.84. The molecule has 0 amide bonds. The standard InChI is InChI=1S/C13H9N3O2/c17-13(18)9-5-10(7-14-6-9)16-8-15-11-3-1-2-4-12(11)16/h1-8H,(H,17,18). The van der Waals surface area contributed by atoms with Crippen LogP contribution in [0.4, 0.5) is 0 Å². The Labute approximate surface area is 102 Å². The summed E-state index contributed by atoms with van der Waals surface area (Å²) in [5.41, 5.74) is 2.62. The smallest absolute Gasteiger partial charge is 0.337 e. The summed E-state index contributed by atoms with van der Waals surface area (Å²) in [5.74, 6) is -0.992. The topological polar surface area (TPSA) is 68.0 Å². The summed E-state index contributed by atoms with van der Waals surface area (Å²) in [7, 11) is 0. The number of carbonyl (C=O) groups is 1. The lowest BCUT2D eigenvalue weighted by Gasteiger charge is -2.04. The van der Waals surface area contributed by atoms with Crippen LogP contribution in [0.25, 0.3) is 16.7 Å². The first-order valence-corrected chi connectivity index (χ1v) is 5.36. The number of aromatic nitrogens is 3. The molecule has 3 aromatic rings. The number of hydrogen-bond donors (Lipinski definition) is 1. The molecule has 5 heteroatoms. The van der Waals surface area contributed by atoms with E-state index in [-0.39, 0.29) is 5.56 Å². The number of carboxylic acids is 1. The highest BCUT2D eigenvalue weighted by Crippen LogP contribution is 2.17. The molecule has 88 valence electrons. The molecule has 0 spiro atoms. The van der Waals surface area contributed by atoms with E-state index in [4.69, 9.17) is 5.11 Å². The molecule has 1 N–H and O–H groups in total. The predicted octanol–water partition coefficient (Wildman–Crippen LogP) is 2.12. The fraction of sp³-hybridized carbons (Fsp3) is 0. The van der Waals surface area contributed by atoms with Crippen molar-refractivity contribution in [2.24, 2.45) is 0 Å². The second-order valence-electron chi connectivity index (χ2n) is 3.84. The van der Waals surface area contributed by atoms with Crippen molar-refractivity contribution in [3.05, 3.63) is 54.6 Å². The summed E-state index contributed by atoms with van der Waals surface area (Å²) in [5, 5.41) is 8.96. The molecule has 0 saturated carbocycles. The zero-order valence-corrected chi connectivity index (χ0v) is 9.32. The number of nitrogens with zero attached hydrogens (tertiary/aromatic N) is 3. The van der Waals surface area contributed by atoms with Crippen molar-refractivity contribution >= 4 is 17.0 Å². The number of para-hydroxylation sites is 2. The first-order valence-electron chi connectivity index (χ1n) is 5.36. The molecule has 0 unspecified atom stereocenters. The molecule has 1 aromatic carbocycles. The van der Waals surface area contributed by atoms with Crippen LogP contribution in [0.5, 0.6) is 0 Å². The Balaban J connectivity index is 2.20. The quantitative estimate of drug-likeness (QED) is 0.743. The third-order valence-electron chi connectivity index (χ3n) is 2.70. The van der Waals surface area contributed by atoms with Crippen LogP contribution >= 0.6 is 0 Å². The molecule has 0 bridgehead atoms. The van der Waals surface area contributed by atoms with Crippen molar-refractivity contribution in [2.75, 3.05) is 0 Å². The largest absolute Gasteiger partial charge is 0.478 e. The van der Waals surface area contributed by atoms with Crippen LogP contribution in [-0.4, -0.2) is 25.6 Å². The molecular weight excluding hydrogens is 230 g/mol. The maximum atomic E-state index is 10.9. The van der Waals surface area contributed by atoms with Crippen molar-refractivity contribution in [3.63, 3.8) is 0 Å². The number of fused-ring (bicyclic) bond motifs is 1. The van der Waals surface area contributed by atoms with E-state index in [9.17, 15) is 4.79 Å². The first-order chi connectivity index (χ1) is 8.75. The highest BCUT2D eigenvalue weighted by Gasteiger charge is 2.08. The van der Waals surface area contributed by atoms with Gasteiger partial charge in [0.1, 0.15) is 6.33 Å². The van der Waals surface area contributed by atoms with Gasteiger partial charge in [0.05, 0.1) is 28.5 Å². The summed E-state index contributed by atoms with van der Waals surface area (Å²) >= 11 is 0. The van der Waals surface area contributed by atoms with Gasteiger partial charge < -0.3 is 5.11 Å². The lowest BCUT2D eigenvalue weighted by Crippen LogP contribution is -2.00. The van der Waals surface area contributed by atoms with E-state index < -0.39 is 5.97 Å². The number of benzene rings is 1. The molecule has 0 aliphatic carbocycles. The zero-order valence-electron chi connectivity index (χ0n) is 9.32. The normalized spacial score (nSPS) is 10.7. The van der Waals surface area contributed by atoms with Gasteiger partial charge in [-0.15, -0.1) is 0 Å². The lowest BCUT2D eigenvalue weighted by atomic mass is 10.2. The van der Waals surface area contributed by atoms with E-state index in [1.54, 1.807) is 18.6 Å². The Bertz CT molecular complexity index is 734. The van der Waals surface area contributed by atoms with Crippen molar-refractivity contribution in [2.45, 2.75) is 0 Å². The average Bonchev–Trinajstić information content (AvgIpc) is 2.82. The molecule has 0 aliphatic heterocycles. The molecule has 0 aliphatic rings. The van der Waals surface area contributed by atoms with Gasteiger partial charge in [0.25, 0.3) is 0 Å². The molecule has 0 fully saturated rings. The number of carboxylic acid groups (broad SMARTS) is 1. The van der Waals surface area contributed by atoms with Gasteiger partial charge in [0.2, 0.25) is 0 Å². The van der Waals surface area contributed by atoms with Gasteiger partial charge in [0, 0.05) is 6.20 Å². The maximum Gasteiger partial charge on any atom is 0.337 e. The van der Waals surface area contributed by atoms with Gasteiger partial charge in [-0.25, -0.2) is 9.78 Å². The highest BCUT2D eigenvalue weighted by molar-refractivity contribution is 5.88. The Hall–Kier alpha value is -2.69. The fourth-order valence-corrected chi connectivity index (χ4v) is 1.84. The maximum absolute atomic E-state index is 10.9. The summed E-state index contributed by atoms with van der Waals surface area (Å²) < 4.78 is 1.81. The minimum atomic E-state index is -0.992. The summed E-state index contributed by atoms with van der Waals surface area (Å²) in [6.45, 7) is 0. The number of hydrogen-bond acceptors (Lipinski definition) is 3. The monoisotopic (exact) mass is 239 g/mol. The molecule has 18 heavy (non-hydrogen) atoms. The Morgan fingerprint density at radius 1 is 1.22 bits per heavy atom. The minimum Gasteiger partial charge on any atom is -0.478 e. The highest BCUT2D eigenvalue weighted by atomic mass is 16.4. The number of aromatic carboxylic acids is 1. The van der Waals surface area contributed by atoms with E-state index in [1.807, 2.05) is 28.8 Å². The number of imidazole rings is 1. The van der Waals surface area contributed by atoms with Gasteiger partial charge >= 0.3 is 5.97 Å². The summed E-state index contributed by atoms with van der Waals surface area (Å²) in [6, 6.07) is 9.22. The van der Waals surface area contributed by atoms with Crippen LogP contribution in [0.3, 0.4) is 0 Å². The van der Waals surface area contributed by atoms with Crippen LogP contribution in [0.2, 0.25) is 0 Å². The van der Waals surface area contributed by atoms with E-state index in [0.29, 0.717) is 5.69 Å². The molecule has 2 heterocycles. The third-order valence-corrected chi connectivity index (χ3v) is 2.70. The summed E-state index contributed by atoms with van der Waals surface area (Å²) in [4.78, 5) is 19.1. The van der Waals surface area contributed by atoms with Crippen molar-refractivity contribution in [3.8, 4) is 5.69 Å². The number of pyridine rings is 1. The van der Waals surface area contributed by atoms with Gasteiger partial charge in [0.15, 0.2) is 0 Å². The summed E-state index contributed by atoms with van der Waals surface area (Å²) in [6.07, 6.45) is 4.60. The molecule has 5 nitrogen and oxygen atoms in total. The lowest BCUT2D eigenvalue weighted by molar-refractivity contribution is 0.0696. The van der Waals surface area contributed by atoms with Gasteiger partial charge in [-0.05, 0) is 18.2 Å². The van der Waals surface area contributed by atoms with Gasteiger partial charge in [-0.3, -0.25) is 9.55 Å². The third kappa shape index (κ3) is 1.62. The van der Waals surface area contributed by atoms with Gasteiger partial charge in [-0.1, -0.05) is 12.1 Å². The minimum absolute atomic E-state index is 0.158. The van der Waals surface area contributed by atoms with E-state index in [1.165, 1.54) is 6.20 Å². The number of rotatable bonds is 2. The van der Waals surface area contributed by atoms with Crippen LogP contribution in [0, 0.1) is 0 Å².